The van der Waals surface area contributed by atoms with E-state index in [0.29, 0.717) is 17.5 Å². The lowest BCUT2D eigenvalue weighted by molar-refractivity contribution is -0.145. The molecule has 0 bridgehead atoms. The van der Waals surface area contributed by atoms with Crippen molar-refractivity contribution >= 4 is 36.2 Å². The number of carboxylic acid groups (broad SMARTS) is 1. The van der Waals surface area contributed by atoms with Gasteiger partial charge in [-0.15, -0.1) is 0 Å². The van der Waals surface area contributed by atoms with E-state index in [1.807, 2.05) is 6.07 Å². The average molecular weight is 547 g/mol. The number of nitrogens with zero attached hydrogens (tertiary/aromatic N) is 1. The number of phenolic OH excluding ortho intramolecular Hbond substituents is 1. The minimum absolute atomic E-state index is 0.0364. The molecule has 3 unspecified atom stereocenters. The molecule has 0 aromatic heterocycles. The van der Waals surface area contributed by atoms with Crippen molar-refractivity contribution in [3.05, 3.63) is 102 Å². The molecule has 4 rings (SSSR count). The van der Waals surface area contributed by atoms with Gasteiger partial charge in [-0.1, -0.05) is 78.9 Å². The van der Waals surface area contributed by atoms with Gasteiger partial charge >= 0.3 is 5.97 Å². The Bertz CT molecular complexity index is 1330. The van der Waals surface area contributed by atoms with Crippen LogP contribution in [0.15, 0.2) is 84.9 Å². The van der Waals surface area contributed by atoms with Crippen LogP contribution in [0.1, 0.15) is 40.4 Å². The number of likely N-dealkylation sites (tertiary alicyclic amines) is 1. The standard InChI is InChI=1S/C30H30N2O6S/c33-26-14-8-7-13-21(26)24-15-16-25(28(35)31-23(30(37)38)17-19-9-3-1-4-10-19)32(24)29(36)22(18-39)27(34)20-11-5-2-6-12-20/h1-14,22-25,33,39H,15-18H2,(H,31,35)(H,37,38)/t22-,23?,24?,25?/m0/s1. The number of hydrogen-bond acceptors (Lipinski definition) is 6. The van der Waals surface area contributed by atoms with Crippen LogP contribution in [-0.2, 0) is 20.8 Å². The molecular formula is C30H30N2O6S. The SMILES string of the molecule is O=C(O)C(Cc1ccccc1)NC(=O)C1CCC(c2ccccc2O)N1C(=O)[C@@H](CS)C(=O)c1ccccc1. The highest BCUT2D eigenvalue weighted by Gasteiger charge is 2.46. The second-order valence-electron chi connectivity index (χ2n) is 9.47. The Morgan fingerprint density at radius 2 is 1.51 bits per heavy atom. The summed E-state index contributed by atoms with van der Waals surface area (Å²) in [6.07, 6.45) is 0.640. The molecule has 3 aromatic carbocycles. The van der Waals surface area contributed by atoms with Crippen LogP contribution < -0.4 is 5.32 Å². The molecular weight excluding hydrogens is 516 g/mol. The summed E-state index contributed by atoms with van der Waals surface area (Å²) in [5.74, 6) is -4.15. The number of benzene rings is 3. The number of aromatic hydroxyl groups is 1. The summed E-state index contributed by atoms with van der Waals surface area (Å²) in [5, 5.41) is 23.0. The summed E-state index contributed by atoms with van der Waals surface area (Å²) in [4.78, 5) is 54.2. The first-order chi connectivity index (χ1) is 18.8. The molecule has 3 N–H and O–H groups in total. The van der Waals surface area contributed by atoms with E-state index >= 15 is 0 Å². The number of hydrogen-bond donors (Lipinski definition) is 4. The topological polar surface area (TPSA) is 124 Å². The Balaban J connectivity index is 1.65. The molecule has 0 aliphatic carbocycles. The molecule has 0 radical (unpaired) electrons. The molecule has 4 atom stereocenters. The number of amides is 2. The van der Waals surface area contributed by atoms with E-state index in [4.69, 9.17) is 0 Å². The summed E-state index contributed by atoms with van der Waals surface area (Å²) < 4.78 is 0. The van der Waals surface area contributed by atoms with Crippen LogP contribution in [-0.4, -0.2) is 56.5 Å². The quantitative estimate of drug-likeness (QED) is 0.175. The summed E-state index contributed by atoms with van der Waals surface area (Å²) in [6, 6.07) is 20.9. The Hall–Kier alpha value is -4.11. The van der Waals surface area contributed by atoms with Crippen molar-refractivity contribution in [2.75, 3.05) is 5.75 Å². The Morgan fingerprint density at radius 3 is 2.13 bits per heavy atom. The van der Waals surface area contributed by atoms with Crippen molar-refractivity contribution in [2.24, 2.45) is 5.92 Å². The van der Waals surface area contributed by atoms with E-state index < -0.39 is 47.6 Å². The highest BCUT2D eigenvalue weighted by molar-refractivity contribution is 7.80. The average Bonchev–Trinajstić information content (AvgIpc) is 3.39. The van der Waals surface area contributed by atoms with Crippen molar-refractivity contribution in [1.82, 2.24) is 10.2 Å². The van der Waals surface area contributed by atoms with Crippen LogP contribution in [0, 0.1) is 5.92 Å². The van der Waals surface area contributed by atoms with Gasteiger partial charge in [-0.2, -0.15) is 12.6 Å². The number of Topliss-reactive ketones (excluding diaryl/α,β-unsaturated/α-hetero) is 1. The molecule has 202 valence electrons. The number of nitrogens with one attached hydrogen (secondary N) is 1. The molecule has 39 heavy (non-hydrogen) atoms. The molecule has 9 heteroatoms. The Kier molecular flexibility index (Phi) is 9.03. The van der Waals surface area contributed by atoms with Crippen molar-refractivity contribution in [3.8, 4) is 5.75 Å². The molecule has 3 aromatic rings. The van der Waals surface area contributed by atoms with Crippen molar-refractivity contribution < 1.29 is 29.4 Å². The number of rotatable bonds is 10. The van der Waals surface area contributed by atoms with Gasteiger partial charge in [-0.3, -0.25) is 14.4 Å². The van der Waals surface area contributed by atoms with Gasteiger partial charge < -0.3 is 20.4 Å². The Labute approximate surface area is 232 Å². The predicted octanol–water partition coefficient (Wildman–Crippen LogP) is 3.67. The second-order valence-corrected chi connectivity index (χ2v) is 9.83. The maximum absolute atomic E-state index is 14.0. The summed E-state index contributed by atoms with van der Waals surface area (Å²) in [6.45, 7) is 0. The van der Waals surface area contributed by atoms with Crippen LogP contribution >= 0.6 is 12.6 Å². The van der Waals surface area contributed by atoms with Crippen LogP contribution in [0.5, 0.6) is 5.75 Å². The van der Waals surface area contributed by atoms with Crippen molar-refractivity contribution in [1.29, 1.82) is 0 Å². The zero-order valence-electron chi connectivity index (χ0n) is 21.1. The molecule has 1 aliphatic heterocycles. The number of carbonyl (C=O) groups excluding carboxylic acids is 3. The maximum Gasteiger partial charge on any atom is 0.326 e. The van der Waals surface area contributed by atoms with Gasteiger partial charge in [0.1, 0.15) is 23.8 Å². The third-order valence-corrected chi connectivity index (χ3v) is 7.36. The molecule has 1 saturated heterocycles. The second kappa shape index (κ2) is 12.6. The van der Waals surface area contributed by atoms with Crippen LogP contribution in [0.4, 0.5) is 0 Å². The zero-order valence-corrected chi connectivity index (χ0v) is 22.0. The monoisotopic (exact) mass is 546 g/mol. The van der Waals surface area contributed by atoms with E-state index in [1.54, 1.807) is 72.8 Å². The molecule has 0 spiro atoms. The molecule has 2 amide bonds. The highest BCUT2D eigenvalue weighted by Crippen LogP contribution is 2.41. The van der Waals surface area contributed by atoms with Gasteiger partial charge in [0, 0.05) is 23.3 Å². The summed E-state index contributed by atoms with van der Waals surface area (Å²) in [5.41, 5.74) is 1.53. The van der Waals surface area contributed by atoms with Crippen LogP contribution in [0.2, 0.25) is 0 Å². The van der Waals surface area contributed by atoms with Gasteiger partial charge in [0.25, 0.3) is 0 Å². The van der Waals surface area contributed by atoms with Gasteiger partial charge in [0.15, 0.2) is 5.78 Å². The Morgan fingerprint density at radius 1 is 0.897 bits per heavy atom. The largest absolute Gasteiger partial charge is 0.508 e. The fourth-order valence-electron chi connectivity index (χ4n) is 5.02. The predicted molar refractivity (Wildman–Crippen MR) is 149 cm³/mol. The number of para-hydroxylation sites is 1. The fraction of sp³-hybridized carbons (Fsp3) is 0.267. The number of carboxylic acids is 1. The lowest BCUT2D eigenvalue weighted by Gasteiger charge is -2.33. The van der Waals surface area contributed by atoms with Gasteiger partial charge in [0.2, 0.25) is 11.8 Å². The maximum atomic E-state index is 14.0. The minimum Gasteiger partial charge on any atom is -0.508 e. The van der Waals surface area contributed by atoms with Gasteiger partial charge in [0.05, 0.1) is 6.04 Å². The molecule has 0 saturated carbocycles. The number of phenols is 1. The smallest absolute Gasteiger partial charge is 0.326 e. The lowest BCUT2D eigenvalue weighted by Crippen LogP contribution is -2.53. The first kappa shape index (κ1) is 27.9. The molecule has 1 aliphatic rings. The summed E-state index contributed by atoms with van der Waals surface area (Å²) >= 11 is 4.30. The normalized spacial score (nSPS) is 18.2. The highest BCUT2D eigenvalue weighted by atomic mass is 32.1. The third kappa shape index (κ3) is 6.31. The number of carbonyl (C=O) groups is 4. The fourth-order valence-corrected chi connectivity index (χ4v) is 5.35. The van der Waals surface area contributed by atoms with Crippen molar-refractivity contribution in [2.45, 2.75) is 37.4 Å². The van der Waals surface area contributed by atoms with Crippen LogP contribution in [0.3, 0.4) is 0 Å². The first-order valence-electron chi connectivity index (χ1n) is 12.7. The molecule has 8 nitrogen and oxygen atoms in total. The third-order valence-electron chi connectivity index (χ3n) is 6.99. The molecule has 1 heterocycles. The number of aliphatic carboxylic acids is 1. The van der Waals surface area contributed by atoms with Gasteiger partial charge in [-0.05, 0) is 24.5 Å². The number of ketones is 1. The van der Waals surface area contributed by atoms with Gasteiger partial charge in [-0.25, -0.2) is 4.79 Å². The van der Waals surface area contributed by atoms with E-state index in [1.165, 1.54) is 11.0 Å². The summed E-state index contributed by atoms with van der Waals surface area (Å²) in [7, 11) is 0. The molecule has 1 fully saturated rings. The van der Waals surface area contributed by atoms with E-state index in [-0.39, 0.29) is 24.3 Å². The van der Waals surface area contributed by atoms with Crippen LogP contribution in [0.25, 0.3) is 0 Å². The lowest BCUT2D eigenvalue weighted by atomic mass is 9.96. The first-order valence-corrected chi connectivity index (χ1v) is 13.3. The van der Waals surface area contributed by atoms with E-state index in [0.717, 1.165) is 5.56 Å². The zero-order chi connectivity index (χ0) is 27.9. The van der Waals surface area contributed by atoms with Crippen molar-refractivity contribution in [3.63, 3.8) is 0 Å². The van der Waals surface area contributed by atoms with E-state index in [9.17, 15) is 29.4 Å². The minimum atomic E-state index is -1.22. The van der Waals surface area contributed by atoms with E-state index in [2.05, 4.69) is 17.9 Å². The number of thiol groups is 1.